The number of carboxylic acid groups (broad SMARTS) is 1. The van der Waals surface area contributed by atoms with Gasteiger partial charge in [0.25, 0.3) is 0 Å². The number of nitrogens with zero attached hydrogens (tertiary/aromatic N) is 1. The number of benzene rings is 1. The first-order chi connectivity index (χ1) is 12.0. The van der Waals surface area contributed by atoms with Gasteiger partial charge in [-0.3, -0.25) is 14.4 Å². The molecule has 1 aromatic rings. The van der Waals surface area contributed by atoms with E-state index in [-0.39, 0.29) is 37.9 Å². The van der Waals surface area contributed by atoms with Crippen LogP contribution in [0.1, 0.15) is 19.3 Å². The minimum Gasteiger partial charge on any atom is -0.480 e. The number of para-hydroxylation sites is 1. The summed E-state index contributed by atoms with van der Waals surface area (Å²) in [6.45, 7) is 1.35. The molecule has 3 rings (SSSR count). The van der Waals surface area contributed by atoms with Gasteiger partial charge >= 0.3 is 5.97 Å². The van der Waals surface area contributed by atoms with Gasteiger partial charge in [-0.1, -0.05) is 18.2 Å². The highest BCUT2D eigenvalue weighted by molar-refractivity contribution is 6.02. The summed E-state index contributed by atoms with van der Waals surface area (Å²) in [6, 6.07) is 9.39. The first-order valence-corrected chi connectivity index (χ1v) is 8.48. The molecule has 0 aromatic heterocycles. The van der Waals surface area contributed by atoms with Crippen molar-refractivity contribution in [3.05, 3.63) is 30.3 Å². The maximum absolute atomic E-state index is 12.5. The summed E-state index contributed by atoms with van der Waals surface area (Å²) in [7, 11) is 0. The molecule has 1 aromatic carbocycles. The predicted molar refractivity (Wildman–Crippen MR) is 90.0 cm³/mol. The molecule has 0 saturated carbocycles. The van der Waals surface area contributed by atoms with Crippen molar-refractivity contribution in [1.29, 1.82) is 0 Å². The van der Waals surface area contributed by atoms with Crippen molar-refractivity contribution < 1.29 is 24.2 Å². The number of nitrogens with one attached hydrogen (secondary N) is 1. The number of aliphatic carboxylic acids is 1. The van der Waals surface area contributed by atoms with Gasteiger partial charge in [-0.05, 0) is 25.0 Å². The van der Waals surface area contributed by atoms with Gasteiger partial charge in [-0.2, -0.15) is 0 Å². The summed E-state index contributed by atoms with van der Waals surface area (Å²) in [5, 5.41) is 12.3. The number of carbonyl (C=O) groups excluding carboxylic acids is 2. The molecular weight excluding hydrogens is 324 g/mol. The molecule has 7 nitrogen and oxygen atoms in total. The van der Waals surface area contributed by atoms with Gasteiger partial charge in [0.05, 0.1) is 0 Å². The molecule has 2 fully saturated rings. The molecular formula is C18H22N2O5. The van der Waals surface area contributed by atoms with Crippen LogP contribution in [-0.4, -0.2) is 49.2 Å². The fourth-order valence-corrected chi connectivity index (χ4v) is 3.44. The quantitative estimate of drug-likeness (QED) is 0.777. The van der Waals surface area contributed by atoms with Crippen molar-refractivity contribution in [3.63, 3.8) is 0 Å². The normalized spacial score (nSPS) is 22.6. The zero-order chi connectivity index (χ0) is 17.9. The van der Waals surface area contributed by atoms with Gasteiger partial charge in [0.2, 0.25) is 11.8 Å². The largest absolute Gasteiger partial charge is 0.480 e. The average Bonchev–Trinajstić information content (AvgIpc) is 3.01. The first kappa shape index (κ1) is 17.4. The lowest BCUT2D eigenvalue weighted by molar-refractivity contribution is -0.162. The molecule has 2 N–H and O–H groups in total. The second kappa shape index (κ2) is 7.23. The Bertz CT molecular complexity index is 655. The number of amides is 2. The molecule has 2 saturated heterocycles. The Morgan fingerprint density at radius 2 is 1.92 bits per heavy atom. The Morgan fingerprint density at radius 1 is 1.24 bits per heavy atom. The Morgan fingerprint density at radius 3 is 2.56 bits per heavy atom. The zero-order valence-electron chi connectivity index (χ0n) is 13.9. The van der Waals surface area contributed by atoms with E-state index in [1.165, 1.54) is 0 Å². The number of ether oxygens (including phenoxy) is 1. The highest BCUT2D eigenvalue weighted by atomic mass is 16.5. The smallest absolute Gasteiger partial charge is 0.319 e. The summed E-state index contributed by atoms with van der Waals surface area (Å²) in [5.74, 6) is -1.59. The van der Waals surface area contributed by atoms with Gasteiger partial charge in [0, 0.05) is 44.3 Å². The molecule has 2 heterocycles. The third-order valence-electron chi connectivity index (χ3n) is 5.01. The van der Waals surface area contributed by atoms with E-state index in [0.717, 1.165) is 5.69 Å². The topological polar surface area (TPSA) is 95.9 Å². The molecule has 0 radical (unpaired) electrons. The molecule has 0 bridgehead atoms. The average molecular weight is 346 g/mol. The number of anilines is 1. The van der Waals surface area contributed by atoms with E-state index in [0.29, 0.717) is 19.5 Å². The lowest BCUT2D eigenvalue weighted by Crippen LogP contribution is -2.50. The Balaban J connectivity index is 1.59. The molecule has 25 heavy (non-hydrogen) atoms. The van der Waals surface area contributed by atoms with E-state index in [2.05, 4.69) is 5.32 Å². The molecule has 2 aliphatic rings. The summed E-state index contributed by atoms with van der Waals surface area (Å²) < 4.78 is 5.19. The summed E-state index contributed by atoms with van der Waals surface area (Å²) >= 11 is 0. The van der Waals surface area contributed by atoms with Gasteiger partial charge < -0.3 is 20.1 Å². The highest BCUT2D eigenvalue weighted by Gasteiger charge is 2.47. The fourth-order valence-electron chi connectivity index (χ4n) is 3.44. The predicted octanol–water partition coefficient (Wildman–Crippen LogP) is 1.04. The monoisotopic (exact) mass is 346 g/mol. The van der Waals surface area contributed by atoms with E-state index in [9.17, 15) is 19.5 Å². The molecule has 2 amide bonds. The van der Waals surface area contributed by atoms with Crippen molar-refractivity contribution in [2.24, 2.45) is 11.3 Å². The highest BCUT2D eigenvalue weighted by Crippen LogP contribution is 2.31. The maximum Gasteiger partial charge on any atom is 0.319 e. The van der Waals surface area contributed by atoms with Crippen molar-refractivity contribution >= 4 is 23.5 Å². The van der Waals surface area contributed by atoms with Crippen LogP contribution in [0, 0.1) is 11.3 Å². The van der Waals surface area contributed by atoms with E-state index in [1.807, 2.05) is 30.3 Å². The van der Waals surface area contributed by atoms with Crippen LogP contribution in [0.3, 0.4) is 0 Å². The first-order valence-electron chi connectivity index (χ1n) is 8.48. The van der Waals surface area contributed by atoms with Crippen molar-refractivity contribution in [2.45, 2.75) is 19.3 Å². The van der Waals surface area contributed by atoms with Crippen LogP contribution in [0.5, 0.6) is 0 Å². The maximum atomic E-state index is 12.5. The molecule has 1 atom stereocenters. The van der Waals surface area contributed by atoms with Crippen LogP contribution in [0.15, 0.2) is 30.3 Å². The second-order valence-corrected chi connectivity index (χ2v) is 6.62. The Hall–Kier alpha value is -2.41. The third kappa shape index (κ3) is 3.51. The number of rotatable bonds is 5. The van der Waals surface area contributed by atoms with Crippen LogP contribution >= 0.6 is 0 Å². The minimum absolute atomic E-state index is 0.0180. The van der Waals surface area contributed by atoms with Crippen molar-refractivity contribution in [1.82, 2.24) is 5.32 Å². The van der Waals surface area contributed by atoms with Gasteiger partial charge in [-0.25, -0.2) is 0 Å². The fraction of sp³-hybridized carbons (Fsp3) is 0.500. The summed E-state index contributed by atoms with van der Waals surface area (Å²) in [4.78, 5) is 38.0. The van der Waals surface area contributed by atoms with E-state index in [1.54, 1.807) is 4.90 Å². The SMILES string of the molecule is O=C1CC(CNC(=O)C2(C(=O)O)CCOCC2)CN1c1ccccc1. The van der Waals surface area contributed by atoms with Crippen molar-refractivity contribution in [2.75, 3.05) is 31.2 Å². The lowest BCUT2D eigenvalue weighted by Gasteiger charge is -2.32. The number of hydrogen-bond donors (Lipinski definition) is 2. The standard InChI is InChI=1S/C18H22N2O5/c21-15-10-13(12-20(15)14-4-2-1-3-5-14)11-19-16(22)18(17(23)24)6-8-25-9-7-18/h1-5,13H,6-12H2,(H,19,22)(H,23,24). The minimum atomic E-state index is -1.42. The molecule has 0 spiro atoms. The Kier molecular flexibility index (Phi) is 5.03. The lowest BCUT2D eigenvalue weighted by atomic mass is 9.79. The van der Waals surface area contributed by atoms with Crippen molar-refractivity contribution in [3.8, 4) is 0 Å². The van der Waals surface area contributed by atoms with Crippen LogP contribution in [0.4, 0.5) is 5.69 Å². The van der Waals surface area contributed by atoms with Gasteiger partial charge in [-0.15, -0.1) is 0 Å². The molecule has 1 unspecified atom stereocenters. The number of carbonyl (C=O) groups is 3. The zero-order valence-corrected chi connectivity index (χ0v) is 13.9. The van der Waals surface area contributed by atoms with E-state index in [4.69, 9.17) is 4.74 Å². The van der Waals surface area contributed by atoms with Crippen LogP contribution < -0.4 is 10.2 Å². The second-order valence-electron chi connectivity index (χ2n) is 6.62. The van der Waals surface area contributed by atoms with Crippen LogP contribution in [-0.2, 0) is 19.1 Å². The molecule has 0 aliphatic carbocycles. The molecule has 7 heteroatoms. The van der Waals surface area contributed by atoms with Crippen LogP contribution in [0.2, 0.25) is 0 Å². The van der Waals surface area contributed by atoms with E-state index < -0.39 is 17.3 Å². The molecule has 2 aliphatic heterocycles. The molecule has 134 valence electrons. The number of hydrogen-bond acceptors (Lipinski definition) is 4. The van der Waals surface area contributed by atoms with E-state index >= 15 is 0 Å². The van der Waals surface area contributed by atoms with Gasteiger partial charge in [0.15, 0.2) is 5.41 Å². The summed E-state index contributed by atoms with van der Waals surface area (Å²) in [5.41, 5.74) is -0.576. The third-order valence-corrected chi connectivity index (χ3v) is 5.01. The summed E-state index contributed by atoms with van der Waals surface area (Å²) in [6.07, 6.45) is 0.695. The Labute approximate surface area is 146 Å². The number of carboxylic acids is 1. The van der Waals surface area contributed by atoms with Crippen LogP contribution in [0.25, 0.3) is 0 Å². The van der Waals surface area contributed by atoms with Gasteiger partial charge in [0.1, 0.15) is 0 Å².